The van der Waals surface area contributed by atoms with Crippen LogP contribution in [0.1, 0.15) is 17.3 Å². The molecular weight excluding hydrogens is 230 g/mol. The smallest absolute Gasteiger partial charge is 0.0837 e. The summed E-state index contributed by atoms with van der Waals surface area (Å²) in [6.07, 6.45) is 1.67. The van der Waals surface area contributed by atoms with Crippen LogP contribution in [0.5, 0.6) is 0 Å². The Morgan fingerprint density at radius 1 is 1.60 bits per heavy atom. The highest BCUT2D eigenvalue weighted by Crippen LogP contribution is 2.28. The van der Waals surface area contributed by atoms with Gasteiger partial charge in [-0.05, 0) is 29.4 Å². The molecule has 0 saturated carbocycles. The molecule has 0 amide bonds. The second kappa shape index (κ2) is 4.35. The Morgan fingerprint density at radius 3 is 2.87 bits per heavy atom. The predicted molar refractivity (Wildman–Crippen MR) is 63.4 cm³/mol. The van der Waals surface area contributed by atoms with Crippen molar-refractivity contribution in [2.75, 3.05) is 7.05 Å². The number of nitrogens with zero attached hydrogens (tertiary/aromatic N) is 2. The minimum atomic E-state index is 0.108. The van der Waals surface area contributed by atoms with Crippen LogP contribution in [-0.4, -0.2) is 16.8 Å². The van der Waals surface area contributed by atoms with Gasteiger partial charge >= 0.3 is 0 Å². The molecule has 0 spiro atoms. The summed E-state index contributed by atoms with van der Waals surface area (Å²) in [5, 5.41) is 12.3. The molecule has 15 heavy (non-hydrogen) atoms. The zero-order valence-electron chi connectivity index (χ0n) is 8.57. The molecule has 1 atom stereocenters. The summed E-state index contributed by atoms with van der Waals surface area (Å²) >= 11 is 7.80. The Balaban J connectivity index is 2.44. The fourth-order valence-electron chi connectivity index (χ4n) is 1.65. The molecule has 2 aromatic heterocycles. The highest BCUT2D eigenvalue weighted by atomic mass is 35.5. The van der Waals surface area contributed by atoms with Gasteiger partial charge in [-0.2, -0.15) is 16.4 Å². The highest BCUT2D eigenvalue weighted by Gasteiger charge is 2.19. The Hall–Kier alpha value is -0.840. The summed E-state index contributed by atoms with van der Waals surface area (Å²) in [5.74, 6) is 0. The Labute approximate surface area is 97.7 Å². The molecule has 0 fully saturated rings. The van der Waals surface area contributed by atoms with E-state index in [2.05, 4.69) is 27.2 Å². The molecule has 1 N–H and O–H groups in total. The third kappa shape index (κ3) is 1.93. The van der Waals surface area contributed by atoms with E-state index in [0.29, 0.717) is 5.02 Å². The van der Waals surface area contributed by atoms with Crippen LogP contribution in [-0.2, 0) is 7.05 Å². The topological polar surface area (TPSA) is 29.9 Å². The van der Waals surface area contributed by atoms with Gasteiger partial charge in [0.1, 0.15) is 0 Å². The number of nitrogens with one attached hydrogen (secondary N) is 1. The molecule has 3 nitrogen and oxygen atoms in total. The lowest BCUT2D eigenvalue weighted by atomic mass is 10.1. The highest BCUT2D eigenvalue weighted by molar-refractivity contribution is 7.08. The van der Waals surface area contributed by atoms with E-state index in [1.54, 1.807) is 22.2 Å². The van der Waals surface area contributed by atoms with E-state index >= 15 is 0 Å². The number of hydrogen-bond acceptors (Lipinski definition) is 3. The summed E-state index contributed by atoms with van der Waals surface area (Å²) in [7, 11) is 3.82. The fraction of sp³-hybridized carbons (Fsp3) is 0.300. The average molecular weight is 242 g/mol. The number of thiophene rings is 1. The number of rotatable bonds is 3. The Bertz CT molecular complexity index is 416. The monoisotopic (exact) mass is 241 g/mol. The van der Waals surface area contributed by atoms with Crippen LogP contribution in [0.4, 0.5) is 0 Å². The predicted octanol–water partition coefficient (Wildman–Crippen LogP) is 2.44. The average Bonchev–Trinajstić information content (AvgIpc) is 2.83. The third-order valence-corrected chi connectivity index (χ3v) is 3.37. The second-order valence-corrected chi connectivity index (χ2v) is 4.47. The first-order valence-corrected chi connectivity index (χ1v) is 5.93. The van der Waals surface area contributed by atoms with Gasteiger partial charge in [0.05, 0.1) is 23.0 Å². The van der Waals surface area contributed by atoms with Gasteiger partial charge in [0.2, 0.25) is 0 Å². The summed E-state index contributed by atoms with van der Waals surface area (Å²) in [6, 6.07) is 2.20. The van der Waals surface area contributed by atoms with Gasteiger partial charge < -0.3 is 5.32 Å². The van der Waals surface area contributed by atoms with Crippen LogP contribution in [0.3, 0.4) is 0 Å². The number of aryl methyl sites for hydroxylation is 1. The van der Waals surface area contributed by atoms with Crippen molar-refractivity contribution in [3.63, 3.8) is 0 Å². The summed E-state index contributed by atoms with van der Waals surface area (Å²) < 4.78 is 1.81. The Kier molecular flexibility index (Phi) is 3.09. The summed E-state index contributed by atoms with van der Waals surface area (Å²) in [5.41, 5.74) is 2.21. The number of hydrogen-bond donors (Lipinski definition) is 1. The van der Waals surface area contributed by atoms with Crippen LogP contribution in [0.25, 0.3) is 0 Å². The van der Waals surface area contributed by atoms with Crippen molar-refractivity contribution in [2.45, 2.75) is 6.04 Å². The molecular formula is C10H12ClN3S. The van der Waals surface area contributed by atoms with E-state index in [1.807, 2.05) is 14.1 Å². The molecule has 5 heteroatoms. The van der Waals surface area contributed by atoms with Gasteiger partial charge in [-0.3, -0.25) is 4.68 Å². The molecule has 80 valence electrons. The third-order valence-electron chi connectivity index (χ3n) is 2.38. The molecule has 0 bridgehead atoms. The first-order chi connectivity index (χ1) is 7.24. The van der Waals surface area contributed by atoms with Crippen molar-refractivity contribution in [3.05, 3.63) is 39.3 Å². The van der Waals surface area contributed by atoms with E-state index in [-0.39, 0.29) is 6.04 Å². The molecule has 2 rings (SSSR count). The van der Waals surface area contributed by atoms with Crippen molar-refractivity contribution < 1.29 is 0 Å². The largest absolute Gasteiger partial charge is 0.308 e. The zero-order valence-corrected chi connectivity index (χ0v) is 10.1. The first kappa shape index (κ1) is 10.7. The van der Waals surface area contributed by atoms with E-state index in [0.717, 1.165) is 5.69 Å². The van der Waals surface area contributed by atoms with E-state index < -0.39 is 0 Å². The van der Waals surface area contributed by atoms with E-state index in [4.69, 9.17) is 11.6 Å². The quantitative estimate of drug-likeness (QED) is 0.895. The zero-order chi connectivity index (χ0) is 10.8. The van der Waals surface area contributed by atoms with Gasteiger partial charge in [0.15, 0.2) is 0 Å². The molecule has 2 heterocycles. The lowest BCUT2D eigenvalue weighted by molar-refractivity contribution is 0.607. The summed E-state index contributed by atoms with van der Waals surface area (Å²) in [6.45, 7) is 0. The lowest BCUT2D eigenvalue weighted by Crippen LogP contribution is -2.20. The van der Waals surface area contributed by atoms with Crippen LogP contribution in [0.2, 0.25) is 5.02 Å². The number of halogens is 1. The lowest BCUT2D eigenvalue weighted by Gasteiger charge is -2.15. The Morgan fingerprint density at radius 2 is 2.40 bits per heavy atom. The van der Waals surface area contributed by atoms with Gasteiger partial charge in [0.25, 0.3) is 0 Å². The molecule has 0 aliphatic rings. The van der Waals surface area contributed by atoms with Crippen LogP contribution in [0.15, 0.2) is 23.0 Å². The van der Waals surface area contributed by atoms with Crippen LogP contribution < -0.4 is 5.32 Å². The van der Waals surface area contributed by atoms with Gasteiger partial charge in [-0.25, -0.2) is 0 Å². The van der Waals surface area contributed by atoms with Gasteiger partial charge in [0, 0.05) is 7.05 Å². The van der Waals surface area contributed by atoms with Gasteiger partial charge in [-0.15, -0.1) is 0 Å². The van der Waals surface area contributed by atoms with E-state index in [1.165, 1.54) is 5.56 Å². The molecule has 1 unspecified atom stereocenters. The van der Waals surface area contributed by atoms with Crippen molar-refractivity contribution in [3.8, 4) is 0 Å². The summed E-state index contributed by atoms with van der Waals surface area (Å²) in [4.78, 5) is 0. The van der Waals surface area contributed by atoms with Crippen LogP contribution >= 0.6 is 22.9 Å². The maximum atomic E-state index is 6.12. The first-order valence-electron chi connectivity index (χ1n) is 4.60. The van der Waals surface area contributed by atoms with Crippen molar-refractivity contribution >= 4 is 22.9 Å². The normalized spacial score (nSPS) is 13.0. The van der Waals surface area contributed by atoms with Gasteiger partial charge in [-0.1, -0.05) is 11.6 Å². The standard InChI is InChI=1S/C10H12ClN3S/c1-12-9(7-3-4-15-6-7)10-8(11)5-13-14(10)2/h3-6,9,12H,1-2H3. The minimum absolute atomic E-state index is 0.108. The maximum Gasteiger partial charge on any atom is 0.0837 e. The minimum Gasteiger partial charge on any atom is -0.308 e. The molecule has 0 saturated heterocycles. The van der Waals surface area contributed by atoms with Crippen molar-refractivity contribution in [2.24, 2.45) is 7.05 Å². The van der Waals surface area contributed by atoms with Crippen molar-refractivity contribution in [1.82, 2.24) is 15.1 Å². The fourth-order valence-corrected chi connectivity index (χ4v) is 2.61. The maximum absolute atomic E-state index is 6.12. The molecule has 0 aromatic carbocycles. The SMILES string of the molecule is CNC(c1ccsc1)c1c(Cl)cnn1C. The van der Waals surface area contributed by atoms with Crippen molar-refractivity contribution in [1.29, 1.82) is 0 Å². The molecule has 0 radical (unpaired) electrons. The van der Waals surface area contributed by atoms with E-state index in [9.17, 15) is 0 Å². The molecule has 0 aliphatic carbocycles. The van der Waals surface area contributed by atoms with Crippen LogP contribution in [0, 0.1) is 0 Å². The second-order valence-electron chi connectivity index (χ2n) is 3.28. The number of aromatic nitrogens is 2. The molecule has 0 aliphatic heterocycles. The molecule has 2 aromatic rings.